The van der Waals surface area contributed by atoms with E-state index in [2.05, 4.69) is 10.6 Å². The molecule has 0 saturated heterocycles. The normalized spacial score (nSPS) is 10.2. The number of rotatable bonds is 6. The number of carbonyl (C=O) groups excluding carboxylic acids is 2. The van der Waals surface area contributed by atoms with Crippen molar-refractivity contribution in [2.24, 2.45) is 0 Å². The molecule has 2 aromatic carbocycles. The first-order valence-corrected chi connectivity index (χ1v) is 7.31. The topological polar surface area (TPSA) is 67.4 Å². The Morgan fingerprint density at radius 1 is 0.957 bits per heavy atom. The summed E-state index contributed by atoms with van der Waals surface area (Å²) in [5.74, 6) is -0.233. The summed E-state index contributed by atoms with van der Waals surface area (Å²) in [5.41, 5.74) is 3.34. The number of anilines is 1. The Morgan fingerprint density at radius 2 is 1.57 bits per heavy atom. The molecule has 0 aliphatic carbocycles. The van der Waals surface area contributed by atoms with Crippen molar-refractivity contribution in [1.82, 2.24) is 5.32 Å². The van der Waals surface area contributed by atoms with Gasteiger partial charge in [-0.1, -0.05) is 24.3 Å². The summed E-state index contributed by atoms with van der Waals surface area (Å²) >= 11 is 0. The molecule has 120 valence electrons. The van der Waals surface area contributed by atoms with Crippen LogP contribution >= 0.6 is 0 Å². The summed E-state index contributed by atoms with van der Waals surface area (Å²) in [6.07, 6.45) is 0. The van der Waals surface area contributed by atoms with Crippen LogP contribution in [0.5, 0.6) is 0 Å². The van der Waals surface area contributed by atoms with Gasteiger partial charge in [0.1, 0.15) is 0 Å². The quantitative estimate of drug-likeness (QED) is 0.862. The first-order chi connectivity index (χ1) is 11.1. The standard InChI is InChI=1S/C18H20N2O3/c1-13(21)20-17-9-5-14(6-10-17)11-19-18(22)16-7-3-15(4-8-16)12-23-2/h3-10H,11-12H2,1-2H3,(H,19,22)(H,20,21). The van der Waals surface area contributed by atoms with Gasteiger partial charge in [0, 0.05) is 31.8 Å². The van der Waals surface area contributed by atoms with Crippen molar-refractivity contribution < 1.29 is 14.3 Å². The van der Waals surface area contributed by atoms with E-state index in [1.54, 1.807) is 19.2 Å². The van der Waals surface area contributed by atoms with Gasteiger partial charge in [0.15, 0.2) is 0 Å². The largest absolute Gasteiger partial charge is 0.380 e. The van der Waals surface area contributed by atoms with Crippen LogP contribution < -0.4 is 10.6 Å². The van der Waals surface area contributed by atoms with Crippen molar-refractivity contribution in [2.75, 3.05) is 12.4 Å². The Morgan fingerprint density at radius 3 is 2.13 bits per heavy atom. The van der Waals surface area contributed by atoms with Gasteiger partial charge in [0.2, 0.25) is 5.91 Å². The van der Waals surface area contributed by atoms with Crippen molar-refractivity contribution in [1.29, 1.82) is 0 Å². The van der Waals surface area contributed by atoms with Gasteiger partial charge in [0.05, 0.1) is 6.61 Å². The molecule has 5 heteroatoms. The second-order valence-electron chi connectivity index (χ2n) is 5.19. The van der Waals surface area contributed by atoms with E-state index in [4.69, 9.17) is 4.74 Å². The molecule has 23 heavy (non-hydrogen) atoms. The van der Waals surface area contributed by atoms with Crippen LogP contribution in [0, 0.1) is 0 Å². The summed E-state index contributed by atoms with van der Waals surface area (Å²) < 4.78 is 5.04. The highest BCUT2D eigenvalue weighted by atomic mass is 16.5. The van der Waals surface area contributed by atoms with Crippen LogP contribution in [0.2, 0.25) is 0 Å². The van der Waals surface area contributed by atoms with Crippen molar-refractivity contribution in [2.45, 2.75) is 20.1 Å². The van der Waals surface area contributed by atoms with Crippen molar-refractivity contribution in [3.63, 3.8) is 0 Å². The van der Waals surface area contributed by atoms with Gasteiger partial charge < -0.3 is 15.4 Å². The monoisotopic (exact) mass is 312 g/mol. The molecule has 0 aliphatic rings. The maximum atomic E-state index is 12.1. The molecule has 0 spiro atoms. The van der Waals surface area contributed by atoms with Crippen LogP contribution in [-0.2, 0) is 22.7 Å². The predicted octanol–water partition coefficient (Wildman–Crippen LogP) is 2.72. The summed E-state index contributed by atoms with van der Waals surface area (Å²) in [5, 5.41) is 5.57. The third kappa shape index (κ3) is 5.23. The Balaban J connectivity index is 1.89. The number of nitrogens with one attached hydrogen (secondary N) is 2. The molecule has 0 fully saturated rings. The molecule has 0 atom stereocenters. The molecule has 2 N–H and O–H groups in total. The Labute approximate surface area is 135 Å². The van der Waals surface area contributed by atoms with E-state index in [-0.39, 0.29) is 11.8 Å². The minimum absolute atomic E-state index is 0.108. The molecule has 5 nitrogen and oxygen atoms in total. The number of carbonyl (C=O) groups is 2. The molecule has 0 heterocycles. The highest BCUT2D eigenvalue weighted by Gasteiger charge is 2.05. The highest BCUT2D eigenvalue weighted by Crippen LogP contribution is 2.10. The first-order valence-electron chi connectivity index (χ1n) is 7.31. The highest BCUT2D eigenvalue weighted by molar-refractivity contribution is 5.94. The molecule has 2 aromatic rings. The van der Waals surface area contributed by atoms with Crippen LogP contribution in [0.15, 0.2) is 48.5 Å². The number of benzene rings is 2. The Bertz CT molecular complexity index is 664. The van der Waals surface area contributed by atoms with Gasteiger partial charge in [-0.2, -0.15) is 0 Å². The van der Waals surface area contributed by atoms with Gasteiger partial charge in [-0.05, 0) is 35.4 Å². The zero-order valence-corrected chi connectivity index (χ0v) is 13.3. The maximum Gasteiger partial charge on any atom is 0.251 e. The molecular weight excluding hydrogens is 292 g/mol. The fraction of sp³-hybridized carbons (Fsp3) is 0.222. The lowest BCUT2D eigenvalue weighted by Gasteiger charge is -2.07. The fourth-order valence-corrected chi connectivity index (χ4v) is 2.11. The summed E-state index contributed by atoms with van der Waals surface area (Å²) in [7, 11) is 1.64. The van der Waals surface area contributed by atoms with Crippen molar-refractivity contribution in [3.8, 4) is 0 Å². The molecule has 0 saturated carbocycles. The van der Waals surface area contributed by atoms with E-state index in [0.717, 1.165) is 16.8 Å². The third-order valence-corrected chi connectivity index (χ3v) is 3.25. The molecule has 2 amide bonds. The van der Waals surface area contributed by atoms with Crippen LogP contribution in [0.1, 0.15) is 28.4 Å². The van der Waals surface area contributed by atoms with Crippen molar-refractivity contribution >= 4 is 17.5 Å². The predicted molar refractivity (Wildman–Crippen MR) is 89.1 cm³/mol. The second kappa shape index (κ2) is 8.10. The number of ether oxygens (including phenoxy) is 1. The zero-order chi connectivity index (χ0) is 16.7. The number of amides is 2. The number of methoxy groups -OCH3 is 1. The SMILES string of the molecule is COCc1ccc(C(=O)NCc2ccc(NC(C)=O)cc2)cc1. The smallest absolute Gasteiger partial charge is 0.251 e. The van der Waals surface area contributed by atoms with E-state index in [0.29, 0.717) is 18.7 Å². The average molecular weight is 312 g/mol. The summed E-state index contributed by atoms with van der Waals surface area (Å²) in [4.78, 5) is 23.1. The molecule has 2 rings (SSSR count). The number of hydrogen-bond acceptors (Lipinski definition) is 3. The van der Waals surface area contributed by atoms with Crippen LogP contribution in [0.25, 0.3) is 0 Å². The van der Waals surface area contributed by atoms with E-state index in [1.165, 1.54) is 6.92 Å². The second-order valence-corrected chi connectivity index (χ2v) is 5.19. The molecule has 0 unspecified atom stereocenters. The maximum absolute atomic E-state index is 12.1. The van der Waals surface area contributed by atoms with Gasteiger partial charge in [-0.25, -0.2) is 0 Å². The number of hydrogen-bond donors (Lipinski definition) is 2. The van der Waals surface area contributed by atoms with Crippen LogP contribution in [0.3, 0.4) is 0 Å². The fourth-order valence-electron chi connectivity index (χ4n) is 2.11. The Hall–Kier alpha value is -2.66. The van der Waals surface area contributed by atoms with E-state index in [9.17, 15) is 9.59 Å². The minimum Gasteiger partial charge on any atom is -0.380 e. The molecule has 0 aliphatic heterocycles. The van der Waals surface area contributed by atoms with E-state index >= 15 is 0 Å². The van der Waals surface area contributed by atoms with Crippen LogP contribution in [-0.4, -0.2) is 18.9 Å². The Kier molecular flexibility index (Phi) is 5.88. The van der Waals surface area contributed by atoms with E-state index in [1.807, 2.05) is 36.4 Å². The van der Waals surface area contributed by atoms with E-state index < -0.39 is 0 Å². The van der Waals surface area contributed by atoms with Crippen molar-refractivity contribution in [3.05, 3.63) is 65.2 Å². The minimum atomic E-state index is -0.125. The average Bonchev–Trinajstić information content (AvgIpc) is 2.54. The lowest BCUT2D eigenvalue weighted by molar-refractivity contribution is -0.114. The lowest BCUT2D eigenvalue weighted by Crippen LogP contribution is -2.22. The third-order valence-electron chi connectivity index (χ3n) is 3.25. The lowest BCUT2D eigenvalue weighted by atomic mass is 10.1. The summed E-state index contributed by atoms with van der Waals surface area (Å²) in [6, 6.07) is 14.7. The van der Waals surface area contributed by atoms with Gasteiger partial charge in [-0.15, -0.1) is 0 Å². The molecule has 0 bridgehead atoms. The van der Waals surface area contributed by atoms with Gasteiger partial charge in [-0.3, -0.25) is 9.59 Å². The molecular formula is C18H20N2O3. The molecule has 0 aromatic heterocycles. The van der Waals surface area contributed by atoms with Crippen LogP contribution in [0.4, 0.5) is 5.69 Å². The van der Waals surface area contributed by atoms with Gasteiger partial charge in [0.25, 0.3) is 5.91 Å². The first kappa shape index (κ1) is 16.7. The van der Waals surface area contributed by atoms with Gasteiger partial charge >= 0.3 is 0 Å². The molecule has 0 radical (unpaired) electrons. The zero-order valence-electron chi connectivity index (χ0n) is 13.3. The summed E-state index contributed by atoms with van der Waals surface area (Å²) in [6.45, 7) is 2.42.